The third-order valence-electron chi connectivity index (χ3n) is 4.84. The molecule has 0 bridgehead atoms. The van der Waals surface area contributed by atoms with Gasteiger partial charge in [-0.3, -0.25) is 4.79 Å². The molecule has 23 heavy (non-hydrogen) atoms. The maximum atomic E-state index is 11.6. The number of hydrogen-bond donors (Lipinski definition) is 1. The van der Waals surface area contributed by atoms with Crippen LogP contribution in [0.4, 0.5) is 0 Å². The SMILES string of the molecule is CCCC(=O)NCC1CCC(c2ccnc3cc(C)nn23)CC1. The van der Waals surface area contributed by atoms with Gasteiger partial charge in [0.15, 0.2) is 5.65 Å². The van der Waals surface area contributed by atoms with Gasteiger partial charge < -0.3 is 5.32 Å². The highest BCUT2D eigenvalue weighted by Crippen LogP contribution is 2.35. The summed E-state index contributed by atoms with van der Waals surface area (Å²) in [6.45, 7) is 4.88. The van der Waals surface area contributed by atoms with Crippen LogP contribution in [0.25, 0.3) is 5.65 Å². The van der Waals surface area contributed by atoms with Gasteiger partial charge in [0.1, 0.15) is 0 Å². The van der Waals surface area contributed by atoms with Gasteiger partial charge in [-0.05, 0) is 51.0 Å². The van der Waals surface area contributed by atoms with E-state index < -0.39 is 0 Å². The molecule has 1 saturated carbocycles. The zero-order chi connectivity index (χ0) is 16.2. The second kappa shape index (κ2) is 7.11. The van der Waals surface area contributed by atoms with E-state index in [0.29, 0.717) is 18.3 Å². The lowest BCUT2D eigenvalue weighted by Gasteiger charge is -2.29. The summed E-state index contributed by atoms with van der Waals surface area (Å²) in [5, 5.41) is 7.66. The van der Waals surface area contributed by atoms with E-state index in [1.165, 1.54) is 18.5 Å². The fourth-order valence-corrected chi connectivity index (χ4v) is 3.57. The van der Waals surface area contributed by atoms with Crippen LogP contribution in [0.15, 0.2) is 18.3 Å². The summed E-state index contributed by atoms with van der Waals surface area (Å²) in [5.41, 5.74) is 3.22. The molecule has 0 atom stereocenters. The largest absolute Gasteiger partial charge is 0.356 e. The molecule has 0 radical (unpaired) electrons. The summed E-state index contributed by atoms with van der Waals surface area (Å²) in [6, 6.07) is 4.13. The maximum absolute atomic E-state index is 11.6. The lowest BCUT2D eigenvalue weighted by Crippen LogP contribution is -2.31. The third kappa shape index (κ3) is 3.71. The predicted molar refractivity (Wildman–Crippen MR) is 90.3 cm³/mol. The van der Waals surface area contributed by atoms with Crippen molar-refractivity contribution in [2.45, 2.75) is 58.3 Å². The predicted octanol–water partition coefficient (Wildman–Crippen LogP) is 3.23. The highest BCUT2D eigenvalue weighted by Gasteiger charge is 2.24. The van der Waals surface area contributed by atoms with E-state index in [2.05, 4.69) is 21.5 Å². The van der Waals surface area contributed by atoms with Crippen molar-refractivity contribution in [1.82, 2.24) is 19.9 Å². The van der Waals surface area contributed by atoms with Crippen molar-refractivity contribution in [3.8, 4) is 0 Å². The van der Waals surface area contributed by atoms with Crippen LogP contribution in [0.2, 0.25) is 0 Å². The van der Waals surface area contributed by atoms with E-state index in [1.807, 2.05) is 30.6 Å². The van der Waals surface area contributed by atoms with Crippen molar-refractivity contribution in [2.24, 2.45) is 5.92 Å². The fraction of sp³-hybridized carbons (Fsp3) is 0.611. The first kappa shape index (κ1) is 16.0. The van der Waals surface area contributed by atoms with Gasteiger partial charge >= 0.3 is 0 Å². The average molecular weight is 314 g/mol. The molecular weight excluding hydrogens is 288 g/mol. The Morgan fingerprint density at radius 2 is 2.13 bits per heavy atom. The molecule has 0 unspecified atom stereocenters. The van der Waals surface area contributed by atoms with E-state index in [1.54, 1.807) is 0 Å². The summed E-state index contributed by atoms with van der Waals surface area (Å²) in [5.74, 6) is 1.35. The van der Waals surface area contributed by atoms with Gasteiger partial charge in [0.2, 0.25) is 5.91 Å². The van der Waals surface area contributed by atoms with Crippen LogP contribution in [0, 0.1) is 12.8 Å². The Hall–Kier alpha value is -1.91. The van der Waals surface area contributed by atoms with E-state index in [0.717, 1.165) is 37.1 Å². The molecule has 0 spiro atoms. The van der Waals surface area contributed by atoms with Crippen molar-refractivity contribution in [3.63, 3.8) is 0 Å². The van der Waals surface area contributed by atoms with Gasteiger partial charge in [-0.2, -0.15) is 5.10 Å². The van der Waals surface area contributed by atoms with Crippen LogP contribution >= 0.6 is 0 Å². The Labute approximate surface area is 137 Å². The van der Waals surface area contributed by atoms with Crippen molar-refractivity contribution in [1.29, 1.82) is 0 Å². The van der Waals surface area contributed by atoms with Crippen molar-refractivity contribution < 1.29 is 4.79 Å². The van der Waals surface area contributed by atoms with Gasteiger partial charge in [-0.15, -0.1) is 0 Å². The molecule has 2 aromatic rings. The number of nitrogens with one attached hydrogen (secondary N) is 1. The zero-order valence-electron chi connectivity index (χ0n) is 14.1. The number of amides is 1. The highest BCUT2D eigenvalue weighted by atomic mass is 16.1. The van der Waals surface area contributed by atoms with Gasteiger partial charge in [-0.25, -0.2) is 9.50 Å². The summed E-state index contributed by atoms with van der Waals surface area (Å²) in [4.78, 5) is 16.0. The number of fused-ring (bicyclic) bond motifs is 1. The van der Waals surface area contributed by atoms with Crippen LogP contribution in [0.3, 0.4) is 0 Å². The summed E-state index contributed by atoms with van der Waals surface area (Å²) in [7, 11) is 0. The molecule has 5 nitrogen and oxygen atoms in total. The van der Waals surface area contributed by atoms with Gasteiger partial charge in [-0.1, -0.05) is 6.92 Å². The molecule has 124 valence electrons. The van der Waals surface area contributed by atoms with Crippen LogP contribution in [-0.4, -0.2) is 27.0 Å². The summed E-state index contributed by atoms with van der Waals surface area (Å²) >= 11 is 0. The molecule has 1 N–H and O–H groups in total. The van der Waals surface area contributed by atoms with Gasteiger partial charge in [0.25, 0.3) is 0 Å². The Kier molecular flexibility index (Phi) is 4.94. The number of nitrogens with zero attached hydrogens (tertiary/aromatic N) is 3. The topological polar surface area (TPSA) is 59.3 Å². The van der Waals surface area contributed by atoms with Crippen LogP contribution < -0.4 is 5.32 Å². The second-order valence-corrected chi connectivity index (χ2v) is 6.70. The first-order valence-electron chi connectivity index (χ1n) is 8.75. The Balaban J connectivity index is 1.59. The van der Waals surface area contributed by atoms with E-state index in [9.17, 15) is 4.79 Å². The van der Waals surface area contributed by atoms with Gasteiger partial charge in [0, 0.05) is 36.8 Å². The molecule has 2 heterocycles. The monoisotopic (exact) mass is 314 g/mol. The summed E-state index contributed by atoms with van der Waals surface area (Å²) in [6.07, 6.45) is 8.10. The second-order valence-electron chi connectivity index (χ2n) is 6.70. The minimum atomic E-state index is 0.192. The first-order valence-corrected chi connectivity index (χ1v) is 8.75. The molecule has 5 heteroatoms. The molecule has 1 amide bonds. The average Bonchev–Trinajstić information content (AvgIpc) is 2.94. The first-order chi connectivity index (χ1) is 11.2. The molecule has 0 aliphatic heterocycles. The summed E-state index contributed by atoms with van der Waals surface area (Å²) < 4.78 is 2.00. The Bertz CT molecular complexity index is 671. The highest BCUT2D eigenvalue weighted by molar-refractivity contribution is 5.75. The number of carbonyl (C=O) groups excluding carboxylic acids is 1. The molecule has 2 aromatic heterocycles. The number of aromatic nitrogens is 3. The quantitative estimate of drug-likeness (QED) is 0.922. The molecule has 1 aliphatic carbocycles. The smallest absolute Gasteiger partial charge is 0.219 e. The fourth-order valence-electron chi connectivity index (χ4n) is 3.57. The van der Waals surface area contributed by atoms with Crippen LogP contribution in [-0.2, 0) is 4.79 Å². The third-order valence-corrected chi connectivity index (χ3v) is 4.84. The normalized spacial score (nSPS) is 21.5. The molecule has 3 rings (SSSR count). The molecule has 1 fully saturated rings. The van der Waals surface area contributed by atoms with Crippen molar-refractivity contribution in [2.75, 3.05) is 6.54 Å². The van der Waals surface area contributed by atoms with E-state index in [4.69, 9.17) is 0 Å². The van der Waals surface area contributed by atoms with Gasteiger partial charge in [0.05, 0.1) is 5.69 Å². The lowest BCUT2D eigenvalue weighted by atomic mass is 9.80. The van der Waals surface area contributed by atoms with Crippen molar-refractivity contribution >= 4 is 11.6 Å². The number of rotatable bonds is 5. The Morgan fingerprint density at radius 1 is 1.35 bits per heavy atom. The maximum Gasteiger partial charge on any atom is 0.219 e. The number of hydrogen-bond acceptors (Lipinski definition) is 3. The lowest BCUT2D eigenvalue weighted by molar-refractivity contribution is -0.121. The minimum absolute atomic E-state index is 0.192. The van der Waals surface area contributed by atoms with E-state index in [-0.39, 0.29) is 5.91 Å². The molecule has 1 aliphatic rings. The zero-order valence-corrected chi connectivity index (χ0v) is 14.1. The molecular formula is C18H26N4O. The molecule has 0 saturated heterocycles. The number of carbonyl (C=O) groups is 1. The standard InChI is InChI=1S/C18H26N4O/c1-3-4-18(23)20-12-14-5-7-15(8-6-14)16-9-10-19-17-11-13(2)21-22(16)17/h9-11,14-15H,3-8,12H2,1-2H3,(H,20,23). The Morgan fingerprint density at radius 3 is 2.87 bits per heavy atom. The molecule has 0 aromatic carbocycles. The van der Waals surface area contributed by atoms with Crippen molar-refractivity contribution in [3.05, 3.63) is 29.7 Å². The minimum Gasteiger partial charge on any atom is -0.356 e. The van der Waals surface area contributed by atoms with Crippen LogP contribution in [0.5, 0.6) is 0 Å². The van der Waals surface area contributed by atoms with E-state index >= 15 is 0 Å². The van der Waals surface area contributed by atoms with Crippen LogP contribution in [0.1, 0.15) is 62.8 Å². The number of aryl methyl sites for hydroxylation is 1.